The van der Waals surface area contributed by atoms with Crippen LogP contribution in [0.1, 0.15) is 22.8 Å². The Morgan fingerprint density at radius 2 is 1.89 bits per heavy atom. The summed E-state index contributed by atoms with van der Waals surface area (Å²) in [5.41, 5.74) is 0.865. The van der Waals surface area contributed by atoms with Crippen molar-refractivity contribution in [1.29, 1.82) is 0 Å². The third-order valence-corrected chi connectivity index (χ3v) is 5.48. The summed E-state index contributed by atoms with van der Waals surface area (Å²) in [6.45, 7) is 2.59. The van der Waals surface area contributed by atoms with Crippen molar-refractivity contribution in [3.05, 3.63) is 52.5 Å². The lowest BCUT2D eigenvalue weighted by Crippen LogP contribution is -2.24. The van der Waals surface area contributed by atoms with E-state index in [9.17, 15) is 13.2 Å². The average molecular weight is 413 g/mol. The second-order valence-corrected chi connectivity index (χ2v) is 7.74. The highest BCUT2D eigenvalue weighted by atomic mass is 35.5. The van der Waals surface area contributed by atoms with Gasteiger partial charge in [-0.1, -0.05) is 17.7 Å². The Balaban J connectivity index is 2.18. The van der Waals surface area contributed by atoms with Gasteiger partial charge in [-0.05, 0) is 49.9 Å². The molecule has 0 unspecified atom stereocenters. The van der Waals surface area contributed by atoms with Crippen LogP contribution in [0.2, 0.25) is 5.02 Å². The molecule has 9 heteroatoms. The zero-order chi connectivity index (χ0) is 20.0. The number of carbonyl (C=O) groups excluding carboxylic acids is 1. The Labute approximate surface area is 163 Å². The number of carbonyl (C=O) groups is 1. The van der Waals surface area contributed by atoms with E-state index in [1.165, 1.54) is 32.4 Å². The molecule has 0 radical (unpaired) electrons. The van der Waals surface area contributed by atoms with E-state index in [4.69, 9.17) is 21.1 Å². The first kappa shape index (κ1) is 21.0. The van der Waals surface area contributed by atoms with Crippen LogP contribution >= 0.6 is 11.6 Å². The number of hydrogen-bond donors (Lipinski definition) is 2. The van der Waals surface area contributed by atoms with Gasteiger partial charge in [0.25, 0.3) is 5.91 Å². The van der Waals surface area contributed by atoms with Crippen LogP contribution in [0.5, 0.6) is 11.5 Å². The third-order valence-electron chi connectivity index (χ3n) is 3.74. The first-order valence-corrected chi connectivity index (χ1v) is 9.99. The molecular weight excluding hydrogens is 392 g/mol. The predicted molar refractivity (Wildman–Crippen MR) is 103 cm³/mol. The van der Waals surface area contributed by atoms with Crippen molar-refractivity contribution in [3.8, 4) is 11.5 Å². The highest BCUT2D eigenvalue weighted by molar-refractivity contribution is 7.89. The third kappa shape index (κ3) is 5.12. The summed E-state index contributed by atoms with van der Waals surface area (Å²) in [7, 11) is -0.846. The van der Waals surface area contributed by atoms with E-state index in [0.29, 0.717) is 18.1 Å². The summed E-state index contributed by atoms with van der Waals surface area (Å²) >= 11 is 6.06. The molecule has 0 aliphatic carbocycles. The van der Waals surface area contributed by atoms with Crippen LogP contribution < -0.4 is 19.5 Å². The molecule has 0 atom stereocenters. The van der Waals surface area contributed by atoms with E-state index < -0.39 is 15.9 Å². The minimum absolute atomic E-state index is 0.0395. The fraction of sp³-hybridized carbons (Fsp3) is 0.278. The fourth-order valence-electron chi connectivity index (χ4n) is 2.34. The minimum Gasteiger partial charge on any atom is -0.493 e. The van der Waals surface area contributed by atoms with Gasteiger partial charge in [-0.2, -0.15) is 0 Å². The second kappa shape index (κ2) is 9.07. The number of ether oxygens (including phenoxy) is 2. The normalized spacial score (nSPS) is 11.1. The first-order valence-electron chi connectivity index (χ1n) is 8.13. The summed E-state index contributed by atoms with van der Waals surface area (Å²) in [6, 6.07) is 9.27. The molecule has 7 nitrogen and oxygen atoms in total. The second-order valence-electron chi connectivity index (χ2n) is 5.45. The van der Waals surface area contributed by atoms with Gasteiger partial charge >= 0.3 is 0 Å². The van der Waals surface area contributed by atoms with Gasteiger partial charge in [0.05, 0.1) is 29.2 Å². The van der Waals surface area contributed by atoms with Gasteiger partial charge in [0.1, 0.15) is 0 Å². The number of benzene rings is 2. The van der Waals surface area contributed by atoms with E-state index in [2.05, 4.69) is 10.0 Å². The number of halogens is 1. The summed E-state index contributed by atoms with van der Waals surface area (Å²) in [5, 5.41) is 2.88. The molecule has 0 bridgehead atoms. The van der Waals surface area contributed by atoms with Crippen molar-refractivity contribution in [2.75, 3.05) is 20.8 Å². The maximum atomic E-state index is 12.5. The van der Waals surface area contributed by atoms with E-state index in [-0.39, 0.29) is 22.0 Å². The molecule has 0 aliphatic rings. The van der Waals surface area contributed by atoms with Gasteiger partial charge in [0.15, 0.2) is 11.5 Å². The topological polar surface area (TPSA) is 93.7 Å². The van der Waals surface area contributed by atoms with Crippen molar-refractivity contribution < 1.29 is 22.7 Å². The number of amides is 1. The molecule has 0 saturated carbocycles. The molecule has 0 spiro atoms. The van der Waals surface area contributed by atoms with Crippen LogP contribution in [0.4, 0.5) is 0 Å². The molecule has 2 aromatic carbocycles. The Morgan fingerprint density at radius 1 is 1.15 bits per heavy atom. The quantitative estimate of drug-likeness (QED) is 0.695. The average Bonchev–Trinajstić information content (AvgIpc) is 2.67. The molecule has 0 saturated heterocycles. The largest absolute Gasteiger partial charge is 0.493 e. The maximum Gasteiger partial charge on any atom is 0.253 e. The Hall–Kier alpha value is -2.29. The van der Waals surface area contributed by atoms with Crippen LogP contribution in [-0.2, 0) is 16.6 Å². The molecule has 0 fully saturated rings. The van der Waals surface area contributed by atoms with Gasteiger partial charge in [-0.15, -0.1) is 0 Å². The van der Waals surface area contributed by atoms with Crippen molar-refractivity contribution >= 4 is 27.5 Å². The fourth-order valence-corrected chi connectivity index (χ4v) is 3.30. The van der Waals surface area contributed by atoms with Crippen LogP contribution in [0.15, 0.2) is 41.3 Å². The number of methoxy groups -OCH3 is 1. The molecule has 0 heterocycles. The summed E-state index contributed by atoms with van der Waals surface area (Å²) in [4.78, 5) is 12.4. The van der Waals surface area contributed by atoms with Crippen LogP contribution in [0.3, 0.4) is 0 Å². The molecular formula is C18H21ClN2O5S. The summed E-state index contributed by atoms with van der Waals surface area (Å²) < 4.78 is 36.8. The first-order chi connectivity index (χ1) is 12.8. The van der Waals surface area contributed by atoms with E-state index >= 15 is 0 Å². The van der Waals surface area contributed by atoms with Crippen molar-refractivity contribution in [2.45, 2.75) is 18.4 Å². The lowest BCUT2D eigenvalue weighted by Gasteiger charge is -2.12. The zero-order valence-electron chi connectivity index (χ0n) is 15.2. The van der Waals surface area contributed by atoms with Crippen molar-refractivity contribution in [1.82, 2.24) is 10.0 Å². The standard InChI is InChI=1S/C18H21ClN2O5S/c1-4-26-16-8-5-12(9-17(16)25-3)11-21-18(22)14-10-13(6-7-15(14)19)27(23,24)20-2/h5-10,20H,4,11H2,1-3H3,(H,21,22). The number of rotatable bonds is 8. The smallest absolute Gasteiger partial charge is 0.253 e. The molecule has 1 amide bonds. The summed E-state index contributed by atoms with van der Waals surface area (Å²) in [5.74, 6) is 0.688. The summed E-state index contributed by atoms with van der Waals surface area (Å²) in [6.07, 6.45) is 0. The highest BCUT2D eigenvalue weighted by Gasteiger charge is 2.17. The van der Waals surface area contributed by atoms with E-state index in [1.807, 2.05) is 6.92 Å². The Kier molecular flexibility index (Phi) is 7.06. The van der Waals surface area contributed by atoms with Crippen LogP contribution in [0, 0.1) is 0 Å². The van der Waals surface area contributed by atoms with Crippen molar-refractivity contribution in [2.24, 2.45) is 0 Å². The molecule has 27 heavy (non-hydrogen) atoms. The molecule has 2 rings (SSSR count). The van der Waals surface area contributed by atoms with Gasteiger partial charge in [0, 0.05) is 6.54 Å². The highest BCUT2D eigenvalue weighted by Crippen LogP contribution is 2.28. The van der Waals surface area contributed by atoms with Gasteiger partial charge < -0.3 is 14.8 Å². The molecule has 2 aromatic rings. The number of hydrogen-bond acceptors (Lipinski definition) is 5. The Bertz CT molecular complexity index is 931. The van der Waals surface area contributed by atoms with Crippen molar-refractivity contribution in [3.63, 3.8) is 0 Å². The van der Waals surface area contributed by atoms with Gasteiger partial charge in [-0.25, -0.2) is 13.1 Å². The van der Waals surface area contributed by atoms with Gasteiger partial charge in [-0.3, -0.25) is 4.79 Å². The van der Waals surface area contributed by atoms with Crippen LogP contribution in [0.25, 0.3) is 0 Å². The molecule has 146 valence electrons. The monoisotopic (exact) mass is 412 g/mol. The number of nitrogens with one attached hydrogen (secondary N) is 2. The molecule has 2 N–H and O–H groups in total. The molecule has 0 aromatic heterocycles. The van der Waals surface area contributed by atoms with Crippen LogP contribution in [-0.4, -0.2) is 35.1 Å². The Morgan fingerprint density at radius 3 is 2.52 bits per heavy atom. The lowest BCUT2D eigenvalue weighted by molar-refractivity contribution is 0.0951. The zero-order valence-corrected chi connectivity index (χ0v) is 16.8. The predicted octanol–water partition coefficient (Wildman–Crippen LogP) is 2.59. The minimum atomic E-state index is -3.68. The van der Waals surface area contributed by atoms with E-state index in [1.54, 1.807) is 18.2 Å². The van der Waals surface area contributed by atoms with Gasteiger partial charge in [0.2, 0.25) is 10.0 Å². The number of sulfonamides is 1. The lowest BCUT2D eigenvalue weighted by atomic mass is 10.1. The maximum absolute atomic E-state index is 12.5. The van der Waals surface area contributed by atoms with E-state index in [0.717, 1.165) is 5.56 Å². The molecule has 0 aliphatic heterocycles. The SMILES string of the molecule is CCOc1ccc(CNC(=O)c2cc(S(=O)(=O)NC)ccc2Cl)cc1OC.